The van der Waals surface area contributed by atoms with Crippen LogP contribution in [0.3, 0.4) is 0 Å². The lowest BCUT2D eigenvalue weighted by Crippen LogP contribution is -2.44. The standard InChI is InChI=1S/C25H33N7O6S/c1-4-6-12-36-13-14-37-20-17(29-25(5-2)9-7-10-25)15-18(38-22(20)35)21(34)28-23-30-31-24(39-23)32-19(8-11-26-32)27-16(3)33/h8,11,15,29H,4-7,9-10,12-14H2,1-3H3,(H,27,33)(H,28,30,34). The zero-order valence-corrected chi connectivity index (χ0v) is 23.1. The summed E-state index contributed by atoms with van der Waals surface area (Å²) in [5.41, 5.74) is -0.527. The minimum absolute atomic E-state index is 0.0211. The van der Waals surface area contributed by atoms with Crippen molar-refractivity contribution in [3.63, 3.8) is 0 Å². The van der Waals surface area contributed by atoms with Crippen LogP contribution < -0.4 is 26.3 Å². The van der Waals surface area contributed by atoms with Crippen molar-refractivity contribution in [3.8, 4) is 10.9 Å². The molecule has 0 unspecified atom stereocenters. The molecule has 3 aromatic heterocycles. The second kappa shape index (κ2) is 12.8. The van der Waals surface area contributed by atoms with E-state index < -0.39 is 11.5 Å². The summed E-state index contributed by atoms with van der Waals surface area (Å²) in [7, 11) is 0. The molecule has 0 atom stereocenters. The van der Waals surface area contributed by atoms with Crippen LogP contribution >= 0.6 is 11.3 Å². The van der Waals surface area contributed by atoms with Crippen molar-refractivity contribution in [2.45, 2.75) is 64.8 Å². The number of carbonyl (C=O) groups excluding carboxylic acids is 2. The fraction of sp³-hybridized carbons (Fsp3) is 0.520. The van der Waals surface area contributed by atoms with Crippen molar-refractivity contribution in [1.29, 1.82) is 0 Å². The van der Waals surface area contributed by atoms with E-state index in [2.05, 4.69) is 45.1 Å². The first-order valence-corrected chi connectivity index (χ1v) is 13.8. The van der Waals surface area contributed by atoms with Gasteiger partial charge in [0.15, 0.2) is 5.76 Å². The molecule has 2 amide bonds. The number of hydrogen-bond acceptors (Lipinski definition) is 11. The Balaban J connectivity index is 1.51. The normalized spacial score (nSPS) is 13.9. The van der Waals surface area contributed by atoms with E-state index >= 15 is 0 Å². The minimum Gasteiger partial charge on any atom is -0.483 e. The average molecular weight is 560 g/mol. The zero-order chi connectivity index (χ0) is 27.8. The summed E-state index contributed by atoms with van der Waals surface area (Å²) < 4.78 is 18.0. The van der Waals surface area contributed by atoms with Gasteiger partial charge in [0.2, 0.25) is 21.9 Å². The third kappa shape index (κ3) is 7.00. The van der Waals surface area contributed by atoms with E-state index in [-0.39, 0.29) is 34.7 Å². The third-order valence-electron chi connectivity index (χ3n) is 6.40. The molecule has 13 nitrogen and oxygen atoms in total. The van der Waals surface area contributed by atoms with Gasteiger partial charge in [0, 0.05) is 31.2 Å². The molecule has 39 heavy (non-hydrogen) atoms. The van der Waals surface area contributed by atoms with Gasteiger partial charge in [-0.05, 0) is 32.1 Å². The number of ether oxygens (including phenoxy) is 2. The molecule has 210 valence electrons. The van der Waals surface area contributed by atoms with Gasteiger partial charge in [-0.2, -0.15) is 9.78 Å². The molecular weight excluding hydrogens is 526 g/mol. The number of hydrogen-bond donors (Lipinski definition) is 3. The van der Waals surface area contributed by atoms with E-state index in [4.69, 9.17) is 13.9 Å². The van der Waals surface area contributed by atoms with Crippen molar-refractivity contribution in [1.82, 2.24) is 20.0 Å². The fourth-order valence-electron chi connectivity index (χ4n) is 4.07. The Bertz CT molecular complexity index is 1340. The number of nitrogens with zero attached hydrogens (tertiary/aromatic N) is 4. The number of rotatable bonds is 14. The van der Waals surface area contributed by atoms with E-state index in [1.165, 1.54) is 23.9 Å². The van der Waals surface area contributed by atoms with Gasteiger partial charge in [-0.15, -0.1) is 10.2 Å². The van der Waals surface area contributed by atoms with Crippen LogP contribution in [0.4, 0.5) is 16.6 Å². The van der Waals surface area contributed by atoms with Crippen molar-refractivity contribution < 1.29 is 23.5 Å². The van der Waals surface area contributed by atoms with Crippen LogP contribution in [0.1, 0.15) is 69.9 Å². The molecule has 1 saturated carbocycles. The average Bonchev–Trinajstić information content (AvgIpc) is 3.53. The summed E-state index contributed by atoms with van der Waals surface area (Å²) in [5, 5.41) is 21.3. The second-order valence-corrected chi connectivity index (χ2v) is 10.2. The summed E-state index contributed by atoms with van der Waals surface area (Å²) >= 11 is 1.03. The number of anilines is 3. The monoisotopic (exact) mass is 559 g/mol. The van der Waals surface area contributed by atoms with Crippen LogP contribution in [0, 0.1) is 0 Å². The summed E-state index contributed by atoms with van der Waals surface area (Å²) in [6.07, 6.45) is 7.32. The number of carbonyl (C=O) groups is 2. The molecule has 0 bridgehead atoms. The SMILES string of the molecule is CCCCOCCOc1c(NC2(CC)CCC2)cc(C(=O)Nc2nnc(-n3nccc3NC(C)=O)s2)oc1=O. The molecule has 3 heterocycles. The topological polar surface area (TPSA) is 162 Å². The summed E-state index contributed by atoms with van der Waals surface area (Å²) in [6.45, 7) is 6.68. The van der Waals surface area contributed by atoms with Crippen LogP contribution in [0.2, 0.25) is 0 Å². The molecule has 0 aromatic carbocycles. The molecule has 0 saturated heterocycles. The van der Waals surface area contributed by atoms with E-state index in [0.29, 0.717) is 29.9 Å². The van der Waals surface area contributed by atoms with E-state index in [1.54, 1.807) is 6.07 Å². The Hall–Kier alpha value is -3.78. The molecule has 0 radical (unpaired) electrons. The Kier molecular flexibility index (Phi) is 9.30. The van der Waals surface area contributed by atoms with E-state index in [1.807, 2.05) is 0 Å². The van der Waals surface area contributed by atoms with E-state index in [0.717, 1.165) is 49.9 Å². The van der Waals surface area contributed by atoms with Crippen LogP contribution in [-0.2, 0) is 9.53 Å². The Labute approximate surface area is 229 Å². The van der Waals surface area contributed by atoms with Crippen molar-refractivity contribution >= 4 is 39.8 Å². The first-order chi connectivity index (χ1) is 18.8. The molecule has 0 aliphatic heterocycles. The predicted molar refractivity (Wildman–Crippen MR) is 146 cm³/mol. The quantitative estimate of drug-likeness (QED) is 0.247. The van der Waals surface area contributed by atoms with Crippen molar-refractivity contribution in [2.75, 3.05) is 35.8 Å². The highest BCUT2D eigenvalue weighted by molar-refractivity contribution is 7.17. The first-order valence-electron chi connectivity index (χ1n) is 13.0. The zero-order valence-electron chi connectivity index (χ0n) is 22.2. The van der Waals surface area contributed by atoms with Gasteiger partial charge in [0.25, 0.3) is 5.91 Å². The first kappa shape index (κ1) is 28.2. The maximum atomic E-state index is 13.0. The number of unbranched alkanes of at least 4 members (excludes halogenated alkanes) is 1. The largest absolute Gasteiger partial charge is 0.483 e. The third-order valence-corrected chi connectivity index (χ3v) is 7.21. The summed E-state index contributed by atoms with van der Waals surface area (Å²) in [6, 6.07) is 3.08. The highest BCUT2D eigenvalue weighted by Crippen LogP contribution is 2.39. The number of aromatic nitrogens is 4. The minimum atomic E-state index is -0.765. The van der Waals surface area contributed by atoms with Gasteiger partial charge >= 0.3 is 5.63 Å². The molecular formula is C25H33N7O6S. The lowest BCUT2D eigenvalue weighted by molar-refractivity contribution is -0.114. The van der Waals surface area contributed by atoms with Gasteiger partial charge in [0.05, 0.1) is 18.5 Å². The van der Waals surface area contributed by atoms with Gasteiger partial charge in [0.1, 0.15) is 12.4 Å². The number of amides is 2. The predicted octanol–water partition coefficient (Wildman–Crippen LogP) is 3.83. The fourth-order valence-corrected chi connectivity index (χ4v) is 4.78. The molecule has 3 aromatic rings. The second-order valence-electron chi connectivity index (χ2n) is 9.22. The molecule has 14 heteroatoms. The van der Waals surface area contributed by atoms with Crippen LogP contribution in [0.5, 0.6) is 5.75 Å². The van der Waals surface area contributed by atoms with Crippen LogP contribution in [0.25, 0.3) is 5.13 Å². The molecule has 0 spiro atoms. The maximum Gasteiger partial charge on any atom is 0.381 e. The molecule has 3 N–H and O–H groups in total. The Morgan fingerprint density at radius 2 is 2.00 bits per heavy atom. The van der Waals surface area contributed by atoms with Crippen LogP contribution in [0.15, 0.2) is 27.5 Å². The van der Waals surface area contributed by atoms with Crippen molar-refractivity contribution in [2.24, 2.45) is 0 Å². The molecule has 1 aliphatic carbocycles. The maximum absolute atomic E-state index is 13.0. The molecule has 4 rings (SSSR count). The number of nitrogens with one attached hydrogen (secondary N) is 3. The molecule has 1 aliphatic rings. The Morgan fingerprint density at radius 3 is 2.69 bits per heavy atom. The van der Waals surface area contributed by atoms with Gasteiger partial charge in [-0.3, -0.25) is 14.9 Å². The van der Waals surface area contributed by atoms with Crippen LogP contribution in [-0.4, -0.2) is 57.2 Å². The lowest BCUT2D eigenvalue weighted by atomic mass is 9.74. The highest BCUT2D eigenvalue weighted by Gasteiger charge is 2.36. The van der Waals surface area contributed by atoms with Gasteiger partial charge in [-0.25, -0.2) is 4.79 Å². The van der Waals surface area contributed by atoms with E-state index in [9.17, 15) is 14.4 Å². The molecule has 1 fully saturated rings. The highest BCUT2D eigenvalue weighted by atomic mass is 32.1. The summed E-state index contributed by atoms with van der Waals surface area (Å²) in [5.74, 6) is -0.709. The summed E-state index contributed by atoms with van der Waals surface area (Å²) in [4.78, 5) is 37.4. The van der Waals surface area contributed by atoms with Gasteiger partial charge < -0.3 is 24.5 Å². The van der Waals surface area contributed by atoms with Crippen molar-refractivity contribution in [3.05, 3.63) is 34.5 Å². The Morgan fingerprint density at radius 1 is 1.18 bits per heavy atom. The smallest absolute Gasteiger partial charge is 0.381 e. The lowest BCUT2D eigenvalue weighted by Gasteiger charge is -2.43. The van der Waals surface area contributed by atoms with Gasteiger partial charge in [-0.1, -0.05) is 31.6 Å².